The van der Waals surface area contributed by atoms with Crippen LogP contribution in [-0.4, -0.2) is 38.6 Å². The van der Waals surface area contributed by atoms with Crippen molar-refractivity contribution in [2.75, 3.05) is 27.4 Å². The van der Waals surface area contributed by atoms with Crippen LogP contribution in [0.15, 0.2) is 72.3 Å². The highest BCUT2D eigenvalue weighted by atomic mass is 16.5. The number of benzene rings is 2. The Bertz CT molecular complexity index is 747. The van der Waals surface area contributed by atoms with E-state index in [4.69, 9.17) is 9.47 Å². The maximum Gasteiger partial charge on any atom is 0.0678 e. The number of rotatable bonds is 12. The molecule has 0 amide bonds. The Morgan fingerprint density at radius 1 is 0.967 bits per heavy atom. The summed E-state index contributed by atoms with van der Waals surface area (Å²) in [6.45, 7) is 7.02. The molecule has 0 heterocycles. The number of aliphatic hydroxyl groups excluding tert-OH is 1. The van der Waals surface area contributed by atoms with Gasteiger partial charge in [-0.05, 0) is 18.1 Å². The molecule has 0 spiro atoms. The first-order chi connectivity index (χ1) is 14.5. The van der Waals surface area contributed by atoms with Crippen LogP contribution in [0.25, 0.3) is 0 Å². The van der Waals surface area contributed by atoms with Gasteiger partial charge in [-0.3, -0.25) is 5.32 Å². The molecular formula is C26H37NO3. The Hall–Kier alpha value is -1.98. The lowest BCUT2D eigenvalue weighted by molar-refractivity contribution is 0.0104. The lowest BCUT2D eigenvalue weighted by Crippen LogP contribution is -2.32. The normalized spacial score (nSPS) is 17.2. The van der Waals surface area contributed by atoms with Crippen LogP contribution in [0, 0.1) is 11.8 Å². The summed E-state index contributed by atoms with van der Waals surface area (Å²) in [5, 5.41) is 13.4. The van der Waals surface area contributed by atoms with Gasteiger partial charge in [-0.25, -0.2) is 0 Å². The summed E-state index contributed by atoms with van der Waals surface area (Å²) in [6, 6.07) is 21.0. The summed E-state index contributed by atoms with van der Waals surface area (Å²) < 4.78 is 11.2. The smallest absolute Gasteiger partial charge is 0.0678 e. The van der Waals surface area contributed by atoms with Crippen molar-refractivity contribution in [3.05, 3.63) is 83.4 Å². The second kappa shape index (κ2) is 12.7. The predicted octanol–water partition coefficient (Wildman–Crippen LogP) is 4.93. The fraction of sp³-hybridized carbons (Fsp3) is 0.462. The van der Waals surface area contributed by atoms with E-state index in [2.05, 4.69) is 73.8 Å². The largest absolute Gasteiger partial charge is 0.396 e. The van der Waals surface area contributed by atoms with Crippen molar-refractivity contribution in [3.8, 4) is 0 Å². The molecule has 0 saturated heterocycles. The molecule has 2 aromatic carbocycles. The molecule has 0 bridgehead atoms. The van der Waals surface area contributed by atoms with Gasteiger partial charge in [0.2, 0.25) is 0 Å². The van der Waals surface area contributed by atoms with Crippen molar-refractivity contribution in [3.63, 3.8) is 0 Å². The Labute approximate surface area is 181 Å². The zero-order chi connectivity index (χ0) is 21.9. The van der Waals surface area contributed by atoms with Crippen LogP contribution >= 0.6 is 0 Å². The van der Waals surface area contributed by atoms with Gasteiger partial charge in [0, 0.05) is 32.7 Å². The van der Waals surface area contributed by atoms with E-state index in [1.807, 2.05) is 19.1 Å². The number of nitrogens with one attached hydrogen (secondary N) is 1. The monoisotopic (exact) mass is 411 g/mol. The second-order valence-corrected chi connectivity index (χ2v) is 8.06. The molecule has 4 heteroatoms. The van der Waals surface area contributed by atoms with Crippen molar-refractivity contribution >= 4 is 0 Å². The third-order valence-corrected chi connectivity index (χ3v) is 5.66. The molecule has 1 unspecified atom stereocenters. The molecule has 0 aliphatic heterocycles. The molecule has 0 aliphatic rings. The van der Waals surface area contributed by atoms with Gasteiger partial charge in [-0.15, -0.1) is 0 Å². The van der Waals surface area contributed by atoms with Crippen LogP contribution in [0.1, 0.15) is 44.0 Å². The summed E-state index contributed by atoms with van der Waals surface area (Å²) in [7, 11) is 3.45. The predicted molar refractivity (Wildman–Crippen MR) is 123 cm³/mol. The molecule has 0 saturated carbocycles. The van der Waals surface area contributed by atoms with Crippen molar-refractivity contribution in [2.45, 2.75) is 39.0 Å². The number of hydrogen-bond donors (Lipinski definition) is 2. The van der Waals surface area contributed by atoms with Crippen LogP contribution in [0.2, 0.25) is 0 Å². The van der Waals surface area contributed by atoms with E-state index in [0.29, 0.717) is 6.61 Å². The first-order valence-electron chi connectivity index (χ1n) is 10.7. The molecule has 4 nitrogen and oxygen atoms in total. The Kier molecular flexibility index (Phi) is 10.2. The third-order valence-electron chi connectivity index (χ3n) is 5.66. The van der Waals surface area contributed by atoms with Gasteiger partial charge in [0.15, 0.2) is 0 Å². The highest BCUT2D eigenvalue weighted by molar-refractivity contribution is 5.29. The van der Waals surface area contributed by atoms with Crippen molar-refractivity contribution in [2.24, 2.45) is 11.8 Å². The molecule has 2 rings (SSSR count). The highest BCUT2D eigenvalue weighted by Crippen LogP contribution is 2.28. The zero-order valence-electron chi connectivity index (χ0n) is 18.9. The minimum absolute atomic E-state index is 0.0368. The van der Waals surface area contributed by atoms with E-state index in [9.17, 15) is 5.11 Å². The third kappa shape index (κ3) is 6.78. The van der Waals surface area contributed by atoms with Crippen molar-refractivity contribution in [1.82, 2.24) is 5.32 Å². The summed E-state index contributed by atoms with van der Waals surface area (Å²) in [4.78, 5) is 0. The van der Waals surface area contributed by atoms with E-state index in [1.165, 1.54) is 16.7 Å². The molecule has 0 fully saturated rings. The molecule has 0 aliphatic carbocycles. The number of ether oxygens (including phenoxy) is 2. The molecule has 0 radical (unpaired) electrons. The number of hydrogen-bond acceptors (Lipinski definition) is 4. The fourth-order valence-electron chi connectivity index (χ4n) is 4.10. The van der Waals surface area contributed by atoms with Gasteiger partial charge in [0.05, 0.1) is 24.8 Å². The van der Waals surface area contributed by atoms with E-state index in [-0.39, 0.29) is 36.6 Å². The SMILES string of the molecule is COCC(N[C@@H](/C(C)=C/[C@H](C)[C@@H](OC)[C@@H](C)CO)c1ccccc1)c1ccccc1. The standard InChI is InChI=1S/C26H37NO3/c1-19(16-20(2)26(30-5)21(3)17-28)25(23-14-10-7-11-15-23)27-24(18-29-4)22-12-8-6-9-13-22/h6-16,20-21,24-28H,17-18H2,1-5H3/b19-16+/t20-,21-,24?,25-,26+/m0/s1. The van der Waals surface area contributed by atoms with E-state index >= 15 is 0 Å². The Balaban J connectivity index is 2.35. The maximum absolute atomic E-state index is 9.58. The number of methoxy groups -OCH3 is 2. The quantitative estimate of drug-likeness (QED) is 0.486. The van der Waals surface area contributed by atoms with Crippen molar-refractivity contribution in [1.29, 1.82) is 0 Å². The van der Waals surface area contributed by atoms with Gasteiger partial charge in [0.1, 0.15) is 0 Å². The minimum Gasteiger partial charge on any atom is -0.396 e. The van der Waals surface area contributed by atoms with Crippen molar-refractivity contribution < 1.29 is 14.6 Å². The molecule has 2 N–H and O–H groups in total. The second-order valence-electron chi connectivity index (χ2n) is 8.06. The molecular weight excluding hydrogens is 374 g/mol. The summed E-state index contributed by atoms with van der Waals surface area (Å²) in [5.41, 5.74) is 3.63. The maximum atomic E-state index is 9.58. The highest BCUT2D eigenvalue weighted by Gasteiger charge is 2.24. The molecule has 2 aromatic rings. The first-order valence-corrected chi connectivity index (χ1v) is 10.7. The summed E-state index contributed by atoms with van der Waals surface area (Å²) >= 11 is 0. The average molecular weight is 412 g/mol. The van der Waals surface area contributed by atoms with Gasteiger partial charge >= 0.3 is 0 Å². The summed E-state index contributed by atoms with van der Waals surface area (Å²) in [6.07, 6.45) is 2.23. The van der Waals surface area contributed by atoms with Crippen LogP contribution in [0.5, 0.6) is 0 Å². The molecule has 0 aromatic heterocycles. The first kappa shape index (κ1) is 24.3. The minimum atomic E-state index is -0.0368. The van der Waals surface area contributed by atoms with Crippen LogP contribution in [0.3, 0.4) is 0 Å². The number of aliphatic hydroxyl groups is 1. The van der Waals surface area contributed by atoms with E-state index in [1.54, 1.807) is 14.2 Å². The molecule has 30 heavy (non-hydrogen) atoms. The van der Waals surface area contributed by atoms with Crippen LogP contribution in [-0.2, 0) is 9.47 Å². The van der Waals surface area contributed by atoms with Gasteiger partial charge < -0.3 is 14.6 Å². The average Bonchev–Trinajstić information content (AvgIpc) is 2.78. The van der Waals surface area contributed by atoms with Gasteiger partial charge in [-0.2, -0.15) is 0 Å². The topological polar surface area (TPSA) is 50.7 Å². The van der Waals surface area contributed by atoms with Gasteiger partial charge in [0.25, 0.3) is 0 Å². The lowest BCUT2D eigenvalue weighted by atomic mass is 9.89. The van der Waals surface area contributed by atoms with E-state index < -0.39 is 0 Å². The fourth-order valence-corrected chi connectivity index (χ4v) is 4.10. The Morgan fingerprint density at radius 3 is 2.03 bits per heavy atom. The Morgan fingerprint density at radius 2 is 1.53 bits per heavy atom. The van der Waals surface area contributed by atoms with Crippen LogP contribution in [0.4, 0.5) is 0 Å². The van der Waals surface area contributed by atoms with Gasteiger partial charge in [-0.1, -0.05) is 86.2 Å². The molecule has 164 valence electrons. The summed E-state index contributed by atoms with van der Waals surface area (Å²) in [5.74, 6) is 0.241. The van der Waals surface area contributed by atoms with Crippen LogP contribution < -0.4 is 5.32 Å². The van der Waals surface area contributed by atoms with E-state index in [0.717, 1.165) is 0 Å². The zero-order valence-corrected chi connectivity index (χ0v) is 18.9. The molecule has 5 atom stereocenters. The lowest BCUT2D eigenvalue weighted by Gasteiger charge is -2.30.